The van der Waals surface area contributed by atoms with E-state index in [1.807, 2.05) is 0 Å². The first-order chi connectivity index (χ1) is 22.4. The van der Waals surface area contributed by atoms with E-state index in [0.717, 1.165) is 0 Å². The molecule has 3 nitrogen and oxygen atoms in total. The first-order valence-electron chi connectivity index (χ1n) is 15.4. The Balaban J connectivity index is 0.000000180. The molecule has 0 amide bonds. The van der Waals surface area contributed by atoms with Crippen molar-refractivity contribution in [2.45, 2.75) is 0 Å². The van der Waals surface area contributed by atoms with Crippen molar-refractivity contribution in [3.8, 4) is 11.4 Å². The van der Waals surface area contributed by atoms with Gasteiger partial charge in [0.2, 0.25) is 0 Å². The van der Waals surface area contributed by atoms with Crippen molar-refractivity contribution in [1.29, 1.82) is 0 Å². The van der Waals surface area contributed by atoms with Gasteiger partial charge in [0, 0.05) is 54.7 Å². The van der Waals surface area contributed by atoms with Crippen LogP contribution in [0.3, 0.4) is 0 Å². The second kappa shape index (κ2) is 10.3. The fourth-order valence-electron chi connectivity index (χ4n) is 7.01. The second-order valence-electron chi connectivity index (χ2n) is 11.4. The Kier molecular flexibility index (Phi) is 5.82. The van der Waals surface area contributed by atoms with Gasteiger partial charge in [-0.2, -0.15) is 0 Å². The van der Waals surface area contributed by atoms with E-state index in [-0.39, 0.29) is 0 Å². The monoisotopic (exact) mass is 575 g/mol. The molecule has 1 N–H and O–H groups in total. The van der Waals surface area contributed by atoms with Gasteiger partial charge in [0.15, 0.2) is 0 Å². The van der Waals surface area contributed by atoms with Gasteiger partial charge in [0.1, 0.15) is 0 Å². The Hall–Kier alpha value is -6.06. The van der Waals surface area contributed by atoms with Crippen LogP contribution in [-0.2, 0) is 0 Å². The van der Waals surface area contributed by atoms with E-state index >= 15 is 0 Å². The molecular formula is C42H29N3. The lowest BCUT2D eigenvalue weighted by Crippen LogP contribution is -1.95. The predicted molar refractivity (Wildman–Crippen MR) is 191 cm³/mol. The summed E-state index contributed by atoms with van der Waals surface area (Å²) in [4.78, 5) is 3.38. The van der Waals surface area contributed by atoms with Crippen LogP contribution in [0.2, 0.25) is 0 Å². The van der Waals surface area contributed by atoms with Crippen LogP contribution < -0.4 is 0 Å². The van der Waals surface area contributed by atoms with Crippen LogP contribution in [0, 0.1) is 0 Å². The molecule has 0 aliphatic heterocycles. The van der Waals surface area contributed by atoms with E-state index in [1.165, 1.54) is 76.8 Å². The summed E-state index contributed by atoms with van der Waals surface area (Å²) in [5.74, 6) is 0. The first kappa shape index (κ1) is 25.4. The molecule has 3 aromatic heterocycles. The van der Waals surface area contributed by atoms with Gasteiger partial charge in [0.25, 0.3) is 0 Å². The van der Waals surface area contributed by atoms with Gasteiger partial charge in [-0.15, -0.1) is 0 Å². The molecule has 45 heavy (non-hydrogen) atoms. The summed E-state index contributed by atoms with van der Waals surface area (Å²) in [7, 11) is 0. The number of aromatic nitrogens is 3. The third-order valence-corrected chi connectivity index (χ3v) is 8.91. The minimum atomic E-state index is 1.18. The Morgan fingerprint density at radius 1 is 0.311 bits per heavy atom. The van der Waals surface area contributed by atoms with Crippen LogP contribution in [0.1, 0.15) is 0 Å². The zero-order valence-corrected chi connectivity index (χ0v) is 24.6. The number of nitrogens with one attached hydrogen (secondary N) is 1. The van der Waals surface area contributed by atoms with Gasteiger partial charge in [-0.05, 0) is 54.6 Å². The quantitative estimate of drug-likeness (QED) is 0.212. The van der Waals surface area contributed by atoms with E-state index in [1.54, 1.807) is 0 Å². The van der Waals surface area contributed by atoms with Crippen molar-refractivity contribution in [1.82, 2.24) is 14.1 Å². The second-order valence-corrected chi connectivity index (χ2v) is 11.4. The number of nitrogens with zero attached hydrogens (tertiary/aromatic N) is 2. The van der Waals surface area contributed by atoms with Crippen LogP contribution in [0.4, 0.5) is 0 Å². The molecule has 3 heterocycles. The third kappa shape index (κ3) is 3.98. The number of hydrogen-bond acceptors (Lipinski definition) is 0. The summed E-state index contributed by atoms with van der Waals surface area (Å²) in [6, 6.07) is 60.2. The Bertz CT molecular complexity index is 2590. The van der Waals surface area contributed by atoms with Gasteiger partial charge >= 0.3 is 0 Å². The molecular weight excluding hydrogens is 546 g/mol. The molecule has 0 fully saturated rings. The molecule has 0 unspecified atom stereocenters. The topological polar surface area (TPSA) is 25.6 Å². The fraction of sp³-hybridized carbons (Fsp3) is 0. The summed E-state index contributed by atoms with van der Waals surface area (Å²) in [6.07, 6.45) is 0. The SMILES string of the molecule is c1ccc(-n2c3ccccc3c3c2ccc2c4ccccc4n(-c4ccccc4)c23)cc1.c1ccc2c(c1)[nH]c1ccccc12. The van der Waals surface area contributed by atoms with E-state index in [9.17, 15) is 0 Å². The Morgan fingerprint density at radius 3 is 1.40 bits per heavy atom. The predicted octanol–water partition coefficient (Wildman–Crippen LogP) is 11.2. The largest absolute Gasteiger partial charge is 0.355 e. The van der Waals surface area contributed by atoms with Gasteiger partial charge in [-0.1, -0.05) is 115 Å². The Morgan fingerprint density at radius 2 is 0.778 bits per heavy atom. The average Bonchev–Trinajstić information content (AvgIpc) is 3.77. The normalized spacial score (nSPS) is 11.6. The molecule has 212 valence electrons. The van der Waals surface area contributed by atoms with Crippen LogP contribution in [0.5, 0.6) is 0 Å². The maximum atomic E-state index is 3.38. The van der Waals surface area contributed by atoms with E-state index in [2.05, 4.69) is 184 Å². The maximum absolute atomic E-state index is 3.38. The highest BCUT2D eigenvalue weighted by Gasteiger charge is 2.20. The molecule has 0 saturated carbocycles. The summed E-state index contributed by atoms with van der Waals surface area (Å²) in [5.41, 5.74) is 9.74. The Labute approximate surface area is 260 Å². The van der Waals surface area contributed by atoms with Crippen LogP contribution in [0.15, 0.2) is 170 Å². The standard InChI is InChI=1S/C30H20N2.C12H9N/c1-3-11-21(12-4-1)31-27-18-10-8-16-25(27)29-28(31)20-19-24-23-15-7-9-17-26(23)32(30(24)29)22-13-5-2-6-14-22;1-3-7-11-9(5-1)10-6-2-4-8-12(10)13-11/h1-20H;1-8,13H. The molecule has 10 aromatic rings. The first-order valence-corrected chi connectivity index (χ1v) is 15.4. The molecule has 0 saturated heterocycles. The molecule has 0 aliphatic rings. The molecule has 0 radical (unpaired) electrons. The number of aromatic amines is 1. The van der Waals surface area contributed by atoms with E-state index in [0.29, 0.717) is 0 Å². The summed E-state index contributed by atoms with van der Waals surface area (Å²) in [5, 5.41) is 7.74. The van der Waals surface area contributed by atoms with Crippen molar-refractivity contribution in [3.63, 3.8) is 0 Å². The molecule has 7 aromatic carbocycles. The highest BCUT2D eigenvalue weighted by molar-refractivity contribution is 6.26. The maximum Gasteiger partial charge on any atom is 0.0641 e. The van der Waals surface area contributed by atoms with Crippen LogP contribution >= 0.6 is 0 Å². The number of para-hydroxylation sites is 6. The van der Waals surface area contributed by atoms with Gasteiger partial charge in [-0.3, -0.25) is 0 Å². The number of benzene rings is 7. The minimum Gasteiger partial charge on any atom is -0.355 e. The molecule has 0 bridgehead atoms. The molecule has 0 aliphatic carbocycles. The van der Waals surface area contributed by atoms with Crippen molar-refractivity contribution in [2.75, 3.05) is 0 Å². The number of hydrogen-bond donors (Lipinski definition) is 1. The zero-order valence-electron chi connectivity index (χ0n) is 24.6. The number of fused-ring (bicyclic) bond motifs is 10. The molecule has 0 spiro atoms. The van der Waals surface area contributed by atoms with E-state index in [4.69, 9.17) is 0 Å². The van der Waals surface area contributed by atoms with Gasteiger partial charge in [0.05, 0.1) is 22.1 Å². The summed E-state index contributed by atoms with van der Waals surface area (Å²) in [6.45, 7) is 0. The summed E-state index contributed by atoms with van der Waals surface area (Å²) >= 11 is 0. The highest BCUT2D eigenvalue weighted by Crippen LogP contribution is 2.41. The van der Waals surface area contributed by atoms with Crippen LogP contribution in [0.25, 0.3) is 76.8 Å². The molecule has 0 atom stereocenters. The number of rotatable bonds is 2. The van der Waals surface area contributed by atoms with Crippen LogP contribution in [-0.4, -0.2) is 14.1 Å². The lowest BCUT2D eigenvalue weighted by atomic mass is 10.1. The zero-order chi connectivity index (χ0) is 29.7. The van der Waals surface area contributed by atoms with Crippen molar-refractivity contribution < 1.29 is 0 Å². The molecule has 10 rings (SSSR count). The lowest BCUT2D eigenvalue weighted by Gasteiger charge is -2.09. The minimum absolute atomic E-state index is 1.18. The van der Waals surface area contributed by atoms with Crippen molar-refractivity contribution in [2.24, 2.45) is 0 Å². The van der Waals surface area contributed by atoms with Gasteiger partial charge < -0.3 is 14.1 Å². The third-order valence-electron chi connectivity index (χ3n) is 8.91. The average molecular weight is 576 g/mol. The van der Waals surface area contributed by atoms with E-state index < -0.39 is 0 Å². The number of H-pyrrole nitrogens is 1. The fourth-order valence-corrected chi connectivity index (χ4v) is 7.01. The van der Waals surface area contributed by atoms with Crippen molar-refractivity contribution >= 4 is 65.4 Å². The van der Waals surface area contributed by atoms with Crippen molar-refractivity contribution in [3.05, 3.63) is 170 Å². The highest BCUT2D eigenvalue weighted by atomic mass is 15.0. The smallest absolute Gasteiger partial charge is 0.0641 e. The lowest BCUT2D eigenvalue weighted by molar-refractivity contribution is 1.17. The summed E-state index contributed by atoms with van der Waals surface area (Å²) < 4.78 is 4.81. The molecule has 3 heteroatoms. The van der Waals surface area contributed by atoms with Gasteiger partial charge in [-0.25, -0.2) is 0 Å².